The Bertz CT molecular complexity index is 1260. The lowest BCUT2D eigenvalue weighted by atomic mass is 10.0. The summed E-state index contributed by atoms with van der Waals surface area (Å²) < 4.78 is 1.41. The van der Waals surface area contributed by atoms with Gasteiger partial charge < -0.3 is 10.4 Å². The van der Waals surface area contributed by atoms with Crippen LogP contribution >= 0.6 is 11.3 Å². The molecule has 2 N–H and O–H groups in total. The summed E-state index contributed by atoms with van der Waals surface area (Å²) in [6.45, 7) is 3.87. The van der Waals surface area contributed by atoms with E-state index in [2.05, 4.69) is 10.3 Å². The Balaban J connectivity index is 1.73. The second-order valence-corrected chi connectivity index (χ2v) is 7.97. The molecule has 0 spiro atoms. The van der Waals surface area contributed by atoms with Gasteiger partial charge in [0, 0.05) is 16.6 Å². The van der Waals surface area contributed by atoms with Gasteiger partial charge in [-0.2, -0.15) is 0 Å². The Morgan fingerprint density at radius 1 is 1.17 bits per heavy atom. The molecule has 0 aliphatic rings. The lowest BCUT2D eigenvalue weighted by Gasteiger charge is -2.18. The van der Waals surface area contributed by atoms with Crippen LogP contribution in [0.25, 0.3) is 21.3 Å². The maximum atomic E-state index is 13.4. The molecule has 1 amide bonds. The van der Waals surface area contributed by atoms with Gasteiger partial charge in [-0.15, -0.1) is 11.3 Å². The molecule has 1 unspecified atom stereocenters. The number of nitrogens with one attached hydrogen (secondary N) is 1. The number of carbonyl (C=O) groups is 1. The molecular formula is C23H21N3O3S. The second-order valence-electron chi connectivity index (χ2n) is 7.11. The van der Waals surface area contributed by atoms with Crippen LogP contribution in [-0.4, -0.2) is 20.6 Å². The van der Waals surface area contributed by atoms with Crippen molar-refractivity contribution in [1.82, 2.24) is 9.55 Å². The maximum absolute atomic E-state index is 13.4. The third-order valence-electron chi connectivity index (χ3n) is 5.04. The number of rotatable bonds is 5. The van der Waals surface area contributed by atoms with E-state index in [9.17, 15) is 14.7 Å². The Morgan fingerprint density at radius 2 is 1.87 bits per heavy atom. The topological polar surface area (TPSA) is 84.2 Å². The number of aryl methyl sites for hydroxylation is 1. The number of carbonyl (C=O) groups excluding carboxylic acids is 1. The quantitative estimate of drug-likeness (QED) is 0.458. The van der Waals surface area contributed by atoms with Crippen LogP contribution in [0.1, 0.15) is 24.9 Å². The van der Waals surface area contributed by atoms with Crippen molar-refractivity contribution < 1.29 is 9.90 Å². The van der Waals surface area contributed by atoms with Gasteiger partial charge in [-0.05, 0) is 43.2 Å². The van der Waals surface area contributed by atoms with Crippen molar-refractivity contribution in [1.29, 1.82) is 0 Å². The monoisotopic (exact) mass is 419 g/mol. The molecule has 152 valence electrons. The summed E-state index contributed by atoms with van der Waals surface area (Å²) in [4.78, 5) is 31.4. The van der Waals surface area contributed by atoms with Crippen molar-refractivity contribution >= 4 is 33.1 Å². The van der Waals surface area contributed by atoms with Crippen LogP contribution in [0.3, 0.4) is 0 Å². The van der Waals surface area contributed by atoms with E-state index in [0.29, 0.717) is 22.3 Å². The third kappa shape index (κ3) is 3.71. The zero-order valence-electron chi connectivity index (χ0n) is 16.6. The highest BCUT2D eigenvalue weighted by Gasteiger charge is 2.23. The van der Waals surface area contributed by atoms with Gasteiger partial charge in [-0.1, -0.05) is 36.8 Å². The number of thiophene rings is 1. The van der Waals surface area contributed by atoms with E-state index in [-0.39, 0.29) is 17.2 Å². The number of aromatic hydroxyl groups is 1. The largest absolute Gasteiger partial charge is 0.508 e. The minimum absolute atomic E-state index is 0.118. The number of hydrogen-bond acceptors (Lipinski definition) is 5. The lowest BCUT2D eigenvalue weighted by Crippen LogP contribution is -2.33. The smallest absolute Gasteiger partial charge is 0.263 e. The van der Waals surface area contributed by atoms with Gasteiger partial charge in [-0.3, -0.25) is 14.2 Å². The first kappa shape index (κ1) is 19.8. The fourth-order valence-corrected chi connectivity index (χ4v) is 4.30. The zero-order valence-corrected chi connectivity index (χ0v) is 17.4. The fraction of sp³-hybridized carbons (Fsp3) is 0.174. The highest BCUT2D eigenvalue weighted by Crippen LogP contribution is 2.31. The van der Waals surface area contributed by atoms with Crippen molar-refractivity contribution in [2.45, 2.75) is 26.3 Å². The summed E-state index contributed by atoms with van der Waals surface area (Å²) in [5, 5.41) is 14.7. The van der Waals surface area contributed by atoms with Crippen LogP contribution in [0.15, 0.2) is 65.0 Å². The Kier molecular flexibility index (Phi) is 5.37. The predicted octanol–water partition coefficient (Wildman–Crippen LogP) is 4.73. The molecule has 1 atom stereocenters. The minimum Gasteiger partial charge on any atom is -0.508 e. The minimum atomic E-state index is -0.700. The summed E-state index contributed by atoms with van der Waals surface area (Å²) in [5.74, 6) is -0.189. The van der Waals surface area contributed by atoms with E-state index in [1.165, 1.54) is 34.4 Å². The third-order valence-corrected chi connectivity index (χ3v) is 5.93. The van der Waals surface area contributed by atoms with Crippen molar-refractivity contribution in [3.05, 3.63) is 76.2 Å². The van der Waals surface area contributed by atoms with E-state index < -0.39 is 6.04 Å². The van der Waals surface area contributed by atoms with E-state index >= 15 is 0 Å². The highest BCUT2D eigenvalue weighted by molar-refractivity contribution is 7.17. The molecule has 7 heteroatoms. The molecule has 2 heterocycles. The molecule has 0 radical (unpaired) electrons. The Hall–Kier alpha value is -3.45. The number of amides is 1. The average molecular weight is 420 g/mol. The first-order valence-electron chi connectivity index (χ1n) is 9.63. The molecule has 0 aliphatic heterocycles. The van der Waals surface area contributed by atoms with Crippen LogP contribution in [0.5, 0.6) is 5.75 Å². The van der Waals surface area contributed by atoms with Gasteiger partial charge >= 0.3 is 0 Å². The predicted molar refractivity (Wildman–Crippen MR) is 120 cm³/mol. The molecular weight excluding hydrogens is 398 g/mol. The van der Waals surface area contributed by atoms with E-state index in [1.807, 2.05) is 43.5 Å². The van der Waals surface area contributed by atoms with Crippen molar-refractivity contribution in [3.8, 4) is 16.9 Å². The molecule has 30 heavy (non-hydrogen) atoms. The van der Waals surface area contributed by atoms with Gasteiger partial charge in [0.25, 0.3) is 5.56 Å². The molecule has 4 aromatic rings. The van der Waals surface area contributed by atoms with Crippen LogP contribution in [-0.2, 0) is 4.79 Å². The van der Waals surface area contributed by atoms with E-state index in [1.54, 1.807) is 12.1 Å². The molecule has 0 saturated carbocycles. The van der Waals surface area contributed by atoms with Gasteiger partial charge in [-0.25, -0.2) is 4.98 Å². The Labute approximate surface area is 177 Å². The fourth-order valence-electron chi connectivity index (χ4n) is 3.39. The summed E-state index contributed by atoms with van der Waals surface area (Å²) in [7, 11) is 0. The van der Waals surface area contributed by atoms with Crippen molar-refractivity contribution in [2.24, 2.45) is 0 Å². The summed E-state index contributed by atoms with van der Waals surface area (Å²) in [6, 6.07) is 13.5. The normalized spacial score (nSPS) is 12.1. The molecule has 0 bridgehead atoms. The van der Waals surface area contributed by atoms with Crippen LogP contribution in [0.4, 0.5) is 5.69 Å². The summed E-state index contributed by atoms with van der Waals surface area (Å²) in [5.41, 5.74) is 3.24. The number of phenols is 1. The molecule has 0 aliphatic carbocycles. The van der Waals surface area contributed by atoms with Crippen LogP contribution in [0, 0.1) is 6.92 Å². The number of hydrogen-bond donors (Lipinski definition) is 2. The molecule has 6 nitrogen and oxygen atoms in total. The average Bonchev–Trinajstić information content (AvgIpc) is 3.17. The van der Waals surface area contributed by atoms with Gasteiger partial charge in [0.2, 0.25) is 5.91 Å². The van der Waals surface area contributed by atoms with Crippen molar-refractivity contribution in [2.75, 3.05) is 5.32 Å². The Morgan fingerprint density at radius 3 is 2.53 bits per heavy atom. The van der Waals surface area contributed by atoms with Gasteiger partial charge in [0.05, 0.1) is 11.7 Å². The lowest BCUT2D eigenvalue weighted by molar-refractivity contribution is -0.119. The highest BCUT2D eigenvalue weighted by atomic mass is 32.1. The molecule has 2 aromatic carbocycles. The molecule has 4 rings (SSSR count). The first-order chi connectivity index (χ1) is 14.5. The summed E-state index contributed by atoms with van der Waals surface area (Å²) >= 11 is 1.42. The van der Waals surface area contributed by atoms with Gasteiger partial charge in [0.1, 0.15) is 16.6 Å². The molecule has 0 fully saturated rings. The molecule has 0 saturated heterocycles. The van der Waals surface area contributed by atoms with Crippen LogP contribution in [0.2, 0.25) is 0 Å². The van der Waals surface area contributed by atoms with Crippen molar-refractivity contribution in [3.63, 3.8) is 0 Å². The molecule has 2 aromatic heterocycles. The number of benzene rings is 2. The maximum Gasteiger partial charge on any atom is 0.263 e. The van der Waals surface area contributed by atoms with E-state index in [0.717, 1.165) is 16.7 Å². The number of nitrogens with zero attached hydrogens (tertiary/aromatic N) is 2. The second kappa shape index (κ2) is 8.12. The van der Waals surface area contributed by atoms with Crippen LogP contribution < -0.4 is 10.9 Å². The van der Waals surface area contributed by atoms with Gasteiger partial charge in [0.15, 0.2) is 0 Å². The zero-order chi connectivity index (χ0) is 21.3. The first-order valence-corrected chi connectivity index (χ1v) is 10.5. The summed E-state index contributed by atoms with van der Waals surface area (Å²) in [6.07, 6.45) is 1.88. The number of fused-ring (bicyclic) bond motifs is 1. The number of anilines is 1. The number of aromatic nitrogens is 2. The SMILES string of the molecule is CCC(C(=O)Nc1ccc(O)cc1)n1cnc2scc(-c3ccc(C)cc3)c2c1=O. The number of phenolic OH excluding ortho intramolecular Hbond substituents is 1. The van der Waals surface area contributed by atoms with E-state index in [4.69, 9.17) is 0 Å². The standard InChI is InChI=1S/C23H21N3O3S/c1-3-19(21(28)25-16-8-10-17(27)11-9-16)26-13-24-22-20(23(26)29)18(12-30-22)15-6-4-14(2)5-7-15/h4-13,19,27H,3H2,1-2H3,(H,25,28).